The highest BCUT2D eigenvalue weighted by Gasteiger charge is 2.39. The third-order valence-electron chi connectivity index (χ3n) is 3.54. The van der Waals surface area contributed by atoms with Crippen LogP contribution in [0.1, 0.15) is 36.1 Å². The third kappa shape index (κ3) is 2.21. The SMILES string of the molecule is CC1CC(O)(c2ccc(C(=O)O)o2)CCN1C. The Balaban J connectivity index is 2.22. The Bertz CT molecular complexity index is 428. The number of carboxylic acid groups (broad SMARTS) is 1. The monoisotopic (exact) mass is 239 g/mol. The van der Waals surface area contributed by atoms with Crippen molar-refractivity contribution in [3.05, 3.63) is 23.7 Å². The lowest BCUT2D eigenvalue weighted by atomic mass is 9.85. The van der Waals surface area contributed by atoms with Gasteiger partial charge in [0, 0.05) is 12.6 Å². The summed E-state index contributed by atoms with van der Waals surface area (Å²) in [4.78, 5) is 12.9. The largest absolute Gasteiger partial charge is 0.475 e. The standard InChI is InChI=1S/C12H17NO4/c1-8-7-12(16,5-6-13(8)2)10-4-3-9(17-10)11(14)15/h3-4,8,16H,5-7H2,1-2H3,(H,14,15). The van der Waals surface area contributed by atoms with Gasteiger partial charge < -0.3 is 19.5 Å². The van der Waals surface area contributed by atoms with Gasteiger partial charge in [0.1, 0.15) is 11.4 Å². The summed E-state index contributed by atoms with van der Waals surface area (Å²) < 4.78 is 5.20. The quantitative estimate of drug-likeness (QED) is 0.813. The molecule has 0 bridgehead atoms. The van der Waals surface area contributed by atoms with Crippen LogP contribution in [-0.4, -0.2) is 40.7 Å². The molecule has 0 amide bonds. The molecule has 2 N–H and O–H groups in total. The fraction of sp³-hybridized carbons (Fsp3) is 0.583. The number of hydrogen-bond acceptors (Lipinski definition) is 4. The number of carbonyl (C=O) groups is 1. The molecule has 2 heterocycles. The molecule has 0 radical (unpaired) electrons. The Morgan fingerprint density at radius 1 is 1.59 bits per heavy atom. The Hall–Kier alpha value is -1.33. The van der Waals surface area contributed by atoms with Crippen molar-refractivity contribution in [1.82, 2.24) is 4.90 Å². The molecule has 0 aromatic carbocycles. The molecular formula is C12H17NO4. The lowest BCUT2D eigenvalue weighted by Crippen LogP contribution is -2.45. The van der Waals surface area contributed by atoms with Crippen molar-refractivity contribution in [1.29, 1.82) is 0 Å². The first kappa shape index (κ1) is 12.1. The molecular weight excluding hydrogens is 222 g/mol. The van der Waals surface area contributed by atoms with Gasteiger partial charge in [-0.3, -0.25) is 0 Å². The van der Waals surface area contributed by atoms with Crippen molar-refractivity contribution in [2.45, 2.75) is 31.4 Å². The minimum absolute atomic E-state index is 0.125. The van der Waals surface area contributed by atoms with E-state index < -0.39 is 11.6 Å². The third-order valence-corrected chi connectivity index (χ3v) is 3.54. The zero-order chi connectivity index (χ0) is 12.6. The summed E-state index contributed by atoms with van der Waals surface area (Å²) >= 11 is 0. The average molecular weight is 239 g/mol. The summed E-state index contributed by atoms with van der Waals surface area (Å²) in [5.41, 5.74) is -1.04. The Labute approximate surface area is 99.6 Å². The molecule has 94 valence electrons. The maximum Gasteiger partial charge on any atom is 0.371 e. The van der Waals surface area contributed by atoms with Crippen LogP contribution in [0.5, 0.6) is 0 Å². The number of carboxylic acids is 1. The van der Waals surface area contributed by atoms with Gasteiger partial charge in [0.25, 0.3) is 0 Å². The minimum Gasteiger partial charge on any atom is -0.475 e. The maximum atomic E-state index is 10.7. The van der Waals surface area contributed by atoms with Crippen LogP contribution in [0.15, 0.2) is 16.5 Å². The van der Waals surface area contributed by atoms with E-state index in [2.05, 4.69) is 4.90 Å². The van der Waals surface area contributed by atoms with E-state index in [4.69, 9.17) is 9.52 Å². The molecule has 5 nitrogen and oxygen atoms in total. The Morgan fingerprint density at radius 3 is 2.82 bits per heavy atom. The molecule has 1 aliphatic rings. The molecule has 5 heteroatoms. The second-order valence-electron chi connectivity index (χ2n) is 4.78. The number of aromatic carboxylic acids is 1. The number of furan rings is 1. The molecule has 1 aromatic rings. The molecule has 17 heavy (non-hydrogen) atoms. The highest BCUT2D eigenvalue weighted by Crippen LogP contribution is 2.36. The minimum atomic E-state index is -1.11. The molecule has 0 aliphatic carbocycles. The fourth-order valence-corrected chi connectivity index (χ4v) is 2.26. The lowest BCUT2D eigenvalue weighted by Gasteiger charge is -2.39. The number of hydrogen-bond donors (Lipinski definition) is 2. The van der Waals surface area contributed by atoms with Gasteiger partial charge >= 0.3 is 5.97 Å². The zero-order valence-electron chi connectivity index (χ0n) is 10.0. The number of piperidine rings is 1. The molecule has 0 saturated carbocycles. The summed E-state index contributed by atoms with van der Waals surface area (Å²) in [7, 11) is 2.01. The summed E-state index contributed by atoms with van der Waals surface area (Å²) in [6, 6.07) is 3.19. The van der Waals surface area contributed by atoms with E-state index in [1.807, 2.05) is 14.0 Å². The van der Waals surface area contributed by atoms with E-state index in [0.29, 0.717) is 18.6 Å². The smallest absolute Gasteiger partial charge is 0.371 e. The fourth-order valence-electron chi connectivity index (χ4n) is 2.26. The van der Waals surface area contributed by atoms with Crippen LogP contribution >= 0.6 is 0 Å². The predicted octanol–water partition coefficient (Wildman–Crippen LogP) is 1.28. The summed E-state index contributed by atoms with van der Waals surface area (Å²) in [6.45, 7) is 2.80. The van der Waals surface area contributed by atoms with Gasteiger partial charge in [-0.2, -0.15) is 0 Å². The highest BCUT2D eigenvalue weighted by molar-refractivity contribution is 5.84. The molecule has 2 rings (SSSR count). The Kier molecular flexibility index (Phi) is 2.97. The lowest BCUT2D eigenvalue weighted by molar-refractivity contribution is -0.0563. The van der Waals surface area contributed by atoms with Gasteiger partial charge in [-0.25, -0.2) is 4.79 Å². The number of nitrogens with zero attached hydrogens (tertiary/aromatic N) is 1. The first-order valence-corrected chi connectivity index (χ1v) is 5.68. The first-order chi connectivity index (χ1) is 7.92. The Morgan fingerprint density at radius 2 is 2.29 bits per heavy atom. The topological polar surface area (TPSA) is 73.9 Å². The molecule has 2 unspecified atom stereocenters. The number of likely N-dealkylation sites (tertiary alicyclic amines) is 1. The molecule has 1 aromatic heterocycles. The van der Waals surface area contributed by atoms with E-state index in [-0.39, 0.29) is 11.8 Å². The van der Waals surface area contributed by atoms with Gasteiger partial charge in [0.2, 0.25) is 5.76 Å². The van der Waals surface area contributed by atoms with Gasteiger partial charge in [0.05, 0.1) is 0 Å². The number of aliphatic hydroxyl groups is 1. The van der Waals surface area contributed by atoms with Gasteiger partial charge in [0.15, 0.2) is 0 Å². The van der Waals surface area contributed by atoms with E-state index >= 15 is 0 Å². The van der Waals surface area contributed by atoms with Gasteiger partial charge in [-0.05, 0) is 38.9 Å². The first-order valence-electron chi connectivity index (χ1n) is 5.68. The van der Waals surface area contributed by atoms with Crippen molar-refractivity contribution in [3.8, 4) is 0 Å². The van der Waals surface area contributed by atoms with Crippen LogP contribution in [0, 0.1) is 0 Å². The summed E-state index contributed by atoms with van der Waals surface area (Å²) in [6.07, 6.45) is 1.11. The summed E-state index contributed by atoms with van der Waals surface area (Å²) in [5.74, 6) is -0.879. The average Bonchev–Trinajstić information content (AvgIpc) is 2.74. The van der Waals surface area contributed by atoms with E-state index in [1.54, 1.807) is 6.07 Å². The van der Waals surface area contributed by atoms with Crippen LogP contribution in [-0.2, 0) is 5.60 Å². The van der Waals surface area contributed by atoms with Crippen LogP contribution in [0.3, 0.4) is 0 Å². The maximum absolute atomic E-state index is 10.7. The van der Waals surface area contributed by atoms with E-state index in [0.717, 1.165) is 6.54 Å². The van der Waals surface area contributed by atoms with Crippen LogP contribution in [0.2, 0.25) is 0 Å². The van der Waals surface area contributed by atoms with E-state index in [1.165, 1.54) is 6.07 Å². The predicted molar refractivity (Wildman–Crippen MR) is 60.9 cm³/mol. The van der Waals surface area contributed by atoms with E-state index in [9.17, 15) is 9.90 Å². The van der Waals surface area contributed by atoms with Gasteiger partial charge in [-0.15, -0.1) is 0 Å². The second-order valence-corrected chi connectivity index (χ2v) is 4.78. The second kappa shape index (κ2) is 4.16. The molecule has 0 spiro atoms. The van der Waals surface area contributed by atoms with Crippen LogP contribution < -0.4 is 0 Å². The molecule has 1 saturated heterocycles. The van der Waals surface area contributed by atoms with Crippen molar-refractivity contribution >= 4 is 5.97 Å². The summed E-state index contributed by atoms with van der Waals surface area (Å²) in [5, 5.41) is 19.3. The van der Waals surface area contributed by atoms with Crippen LogP contribution in [0.25, 0.3) is 0 Å². The molecule has 1 fully saturated rings. The van der Waals surface area contributed by atoms with Gasteiger partial charge in [-0.1, -0.05) is 0 Å². The number of rotatable bonds is 2. The normalized spacial score (nSPS) is 30.4. The molecule has 2 atom stereocenters. The zero-order valence-corrected chi connectivity index (χ0v) is 10.0. The van der Waals surface area contributed by atoms with Crippen molar-refractivity contribution in [2.24, 2.45) is 0 Å². The van der Waals surface area contributed by atoms with Crippen LogP contribution in [0.4, 0.5) is 0 Å². The highest BCUT2D eigenvalue weighted by atomic mass is 16.4. The van der Waals surface area contributed by atoms with Crippen molar-refractivity contribution in [3.63, 3.8) is 0 Å². The van der Waals surface area contributed by atoms with Crippen molar-refractivity contribution < 1.29 is 19.4 Å². The van der Waals surface area contributed by atoms with Crippen molar-refractivity contribution in [2.75, 3.05) is 13.6 Å². The molecule has 1 aliphatic heterocycles.